The van der Waals surface area contributed by atoms with E-state index in [1.165, 1.54) is 0 Å². The third kappa shape index (κ3) is 4.84. The van der Waals surface area contributed by atoms with Crippen molar-refractivity contribution in [3.05, 3.63) is 54.2 Å². The van der Waals surface area contributed by atoms with E-state index < -0.39 is 5.91 Å². The average Bonchev–Trinajstić information content (AvgIpc) is 3.18. The summed E-state index contributed by atoms with van der Waals surface area (Å²) in [6, 6.07) is 9.20. The van der Waals surface area contributed by atoms with Crippen molar-refractivity contribution in [2.75, 3.05) is 30.3 Å². The molecule has 0 bridgehead atoms. The molecule has 1 amide bonds. The van der Waals surface area contributed by atoms with Crippen LogP contribution in [0.1, 0.15) is 37.3 Å². The van der Waals surface area contributed by atoms with Gasteiger partial charge in [-0.2, -0.15) is 4.52 Å². The Morgan fingerprint density at radius 2 is 2.21 bits per heavy atom. The summed E-state index contributed by atoms with van der Waals surface area (Å²) in [6.07, 6.45) is 2.29. The van der Waals surface area contributed by atoms with Crippen LogP contribution in [0.2, 0.25) is 0 Å². The minimum Gasteiger partial charge on any atom is -0.391 e. The van der Waals surface area contributed by atoms with Gasteiger partial charge in [0.15, 0.2) is 11.5 Å². The van der Waals surface area contributed by atoms with Gasteiger partial charge >= 0.3 is 0 Å². The largest absolute Gasteiger partial charge is 0.391 e. The SMILES string of the molecule is C=C(C(N)=O)c1cccc(Nc2ccnc3c(C(C)C)c(NC[C@H]4CCNC[C@@H]4O)nn23)c1. The number of nitrogens with zero attached hydrogens (tertiary/aromatic N) is 3. The molecule has 1 fully saturated rings. The van der Waals surface area contributed by atoms with Crippen molar-refractivity contribution >= 4 is 34.5 Å². The lowest BCUT2D eigenvalue weighted by Gasteiger charge is -2.28. The van der Waals surface area contributed by atoms with Gasteiger partial charge in [-0.15, -0.1) is 5.10 Å². The number of hydrogen-bond donors (Lipinski definition) is 5. The molecule has 9 nitrogen and oxygen atoms in total. The summed E-state index contributed by atoms with van der Waals surface area (Å²) in [5, 5.41) is 25.1. The van der Waals surface area contributed by atoms with Gasteiger partial charge in [0.1, 0.15) is 5.82 Å². The zero-order valence-corrected chi connectivity index (χ0v) is 19.0. The number of aliphatic hydroxyl groups excluding tert-OH is 1. The van der Waals surface area contributed by atoms with Crippen LogP contribution in [0.15, 0.2) is 43.1 Å². The summed E-state index contributed by atoms with van der Waals surface area (Å²) in [7, 11) is 0. The van der Waals surface area contributed by atoms with Crippen molar-refractivity contribution in [3.8, 4) is 0 Å². The van der Waals surface area contributed by atoms with Gasteiger partial charge < -0.3 is 26.8 Å². The summed E-state index contributed by atoms with van der Waals surface area (Å²) in [6.45, 7) is 10.2. The number of piperidine rings is 1. The smallest absolute Gasteiger partial charge is 0.248 e. The van der Waals surface area contributed by atoms with Gasteiger partial charge in [-0.25, -0.2) is 4.98 Å². The highest BCUT2D eigenvalue weighted by Crippen LogP contribution is 2.30. The molecule has 174 valence electrons. The Labute approximate surface area is 193 Å². The zero-order valence-electron chi connectivity index (χ0n) is 19.0. The number of amides is 1. The van der Waals surface area contributed by atoms with Crippen LogP contribution in [0.4, 0.5) is 17.3 Å². The molecular weight excluding hydrogens is 418 g/mol. The number of rotatable bonds is 8. The molecular formula is C24H31N7O2. The van der Waals surface area contributed by atoms with Crippen molar-refractivity contribution in [1.29, 1.82) is 0 Å². The maximum atomic E-state index is 11.5. The van der Waals surface area contributed by atoms with Gasteiger partial charge in [-0.3, -0.25) is 4.79 Å². The maximum absolute atomic E-state index is 11.5. The van der Waals surface area contributed by atoms with Crippen molar-refractivity contribution < 1.29 is 9.90 Å². The second-order valence-electron chi connectivity index (χ2n) is 8.73. The summed E-state index contributed by atoms with van der Waals surface area (Å²) in [5.41, 5.74) is 8.85. The predicted molar refractivity (Wildman–Crippen MR) is 131 cm³/mol. The fourth-order valence-corrected chi connectivity index (χ4v) is 4.16. The quantitative estimate of drug-likeness (QED) is 0.334. The van der Waals surface area contributed by atoms with Gasteiger partial charge in [0.25, 0.3) is 0 Å². The third-order valence-electron chi connectivity index (χ3n) is 6.03. The molecule has 0 unspecified atom stereocenters. The average molecular weight is 450 g/mol. The Bertz CT molecular complexity index is 1170. The summed E-state index contributed by atoms with van der Waals surface area (Å²) in [5.74, 6) is 1.32. The fourth-order valence-electron chi connectivity index (χ4n) is 4.16. The number of primary amides is 1. The predicted octanol–water partition coefficient (Wildman–Crippen LogP) is 2.48. The Kier molecular flexibility index (Phi) is 6.62. The molecule has 1 saturated heterocycles. The second-order valence-corrected chi connectivity index (χ2v) is 8.73. The molecule has 1 aromatic carbocycles. The lowest BCUT2D eigenvalue weighted by atomic mass is 9.95. The van der Waals surface area contributed by atoms with E-state index in [-0.39, 0.29) is 23.5 Å². The summed E-state index contributed by atoms with van der Waals surface area (Å²) >= 11 is 0. The molecule has 2 aromatic heterocycles. The first-order chi connectivity index (χ1) is 15.8. The Balaban J connectivity index is 1.64. The van der Waals surface area contributed by atoms with Gasteiger partial charge in [-0.05, 0) is 42.6 Å². The highest BCUT2D eigenvalue weighted by molar-refractivity contribution is 6.18. The Hall–Kier alpha value is -3.43. The molecule has 9 heteroatoms. The molecule has 2 atom stereocenters. The van der Waals surface area contributed by atoms with E-state index in [1.807, 2.05) is 24.3 Å². The number of nitrogens with two attached hydrogens (primary N) is 1. The first kappa shape index (κ1) is 22.8. The van der Waals surface area contributed by atoms with Crippen LogP contribution in [-0.4, -0.2) is 51.4 Å². The Morgan fingerprint density at radius 1 is 1.39 bits per heavy atom. The van der Waals surface area contributed by atoms with Crippen LogP contribution in [0.25, 0.3) is 11.2 Å². The number of hydrogen-bond acceptors (Lipinski definition) is 7. The van der Waals surface area contributed by atoms with E-state index in [4.69, 9.17) is 10.8 Å². The zero-order chi connectivity index (χ0) is 23.5. The number of nitrogens with one attached hydrogen (secondary N) is 3. The molecule has 3 heterocycles. The number of carbonyl (C=O) groups excluding carboxylic acids is 1. The van der Waals surface area contributed by atoms with E-state index in [1.54, 1.807) is 16.8 Å². The maximum Gasteiger partial charge on any atom is 0.248 e. The molecule has 4 rings (SSSR count). The van der Waals surface area contributed by atoms with Crippen molar-refractivity contribution in [3.63, 3.8) is 0 Å². The molecule has 1 aliphatic heterocycles. The molecule has 0 saturated carbocycles. The normalized spacial score (nSPS) is 18.4. The van der Waals surface area contributed by atoms with Gasteiger partial charge in [0.2, 0.25) is 5.91 Å². The third-order valence-corrected chi connectivity index (χ3v) is 6.03. The van der Waals surface area contributed by atoms with E-state index in [0.29, 0.717) is 18.7 Å². The Morgan fingerprint density at radius 3 is 2.94 bits per heavy atom. The highest BCUT2D eigenvalue weighted by Gasteiger charge is 2.24. The molecule has 3 aromatic rings. The van der Waals surface area contributed by atoms with Crippen LogP contribution in [0.3, 0.4) is 0 Å². The van der Waals surface area contributed by atoms with Crippen LogP contribution in [-0.2, 0) is 4.79 Å². The summed E-state index contributed by atoms with van der Waals surface area (Å²) < 4.78 is 1.78. The molecule has 0 radical (unpaired) electrons. The van der Waals surface area contributed by atoms with E-state index in [0.717, 1.165) is 41.5 Å². The number of fused-ring (bicyclic) bond motifs is 1. The highest BCUT2D eigenvalue weighted by atomic mass is 16.3. The number of anilines is 3. The summed E-state index contributed by atoms with van der Waals surface area (Å²) in [4.78, 5) is 16.1. The first-order valence-corrected chi connectivity index (χ1v) is 11.2. The van der Waals surface area contributed by atoms with Crippen LogP contribution in [0.5, 0.6) is 0 Å². The minimum atomic E-state index is -0.554. The van der Waals surface area contributed by atoms with E-state index >= 15 is 0 Å². The van der Waals surface area contributed by atoms with Gasteiger partial charge in [-0.1, -0.05) is 32.6 Å². The standard InChI is InChI=1S/C24H31N7O2/c1-14(2)21-23(28-12-17-7-9-26-13-19(17)32)30-31-20(8-10-27-24(21)31)29-18-6-4-5-16(11-18)15(3)22(25)33/h4-6,8,10-11,14,17,19,26,29,32H,3,7,9,12-13H2,1-2H3,(H2,25,33)(H,28,30)/t17-,19+/m1/s1. The number of benzene rings is 1. The van der Waals surface area contributed by atoms with Crippen molar-refractivity contribution in [2.24, 2.45) is 11.7 Å². The van der Waals surface area contributed by atoms with Crippen molar-refractivity contribution in [2.45, 2.75) is 32.3 Å². The number of aliphatic hydroxyl groups is 1. The molecule has 0 aliphatic carbocycles. The lowest BCUT2D eigenvalue weighted by molar-refractivity contribution is -0.112. The number of β-amino-alcohol motifs (C(OH)–C–C–N with tert-alkyl or cyclic N) is 1. The van der Waals surface area contributed by atoms with Crippen LogP contribution in [0, 0.1) is 5.92 Å². The first-order valence-electron chi connectivity index (χ1n) is 11.2. The number of carbonyl (C=O) groups is 1. The fraction of sp³-hybridized carbons (Fsp3) is 0.375. The second kappa shape index (κ2) is 9.60. The number of aromatic nitrogens is 3. The van der Waals surface area contributed by atoms with E-state index in [2.05, 4.69) is 41.4 Å². The minimum absolute atomic E-state index is 0.169. The van der Waals surface area contributed by atoms with Gasteiger partial charge in [0.05, 0.1) is 6.10 Å². The monoisotopic (exact) mass is 449 g/mol. The lowest BCUT2D eigenvalue weighted by Crippen LogP contribution is -2.43. The molecule has 0 spiro atoms. The van der Waals surface area contributed by atoms with Crippen LogP contribution >= 0.6 is 0 Å². The van der Waals surface area contributed by atoms with E-state index in [9.17, 15) is 9.90 Å². The molecule has 33 heavy (non-hydrogen) atoms. The van der Waals surface area contributed by atoms with Gasteiger partial charge in [0, 0.05) is 42.0 Å². The van der Waals surface area contributed by atoms with Crippen LogP contribution < -0.4 is 21.7 Å². The molecule has 1 aliphatic rings. The van der Waals surface area contributed by atoms with Crippen molar-refractivity contribution in [1.82, 2.24) is 19.9 Å². The molecule has 6 N–H and O–H groups in total. The topological polar surface area (TPSA) is 130 Å².